The molecule has 0 N–H and O–H groups in total. The van der Waals surface area contributed by atoms with E-state index in [1.807, 2.05) is 0 Å². The van der Waals surface area contributed by atoms with E-state index in [-0.39, 0.29) is 6.61 Å². The van der Waals surface area contributed by atoms with Crippen LogP contribution in [0.4, 0.5) is 0 Å². The Morgan fingerprint density at radius 3 is 3.30 bits per heavy atom. The molecule has 0 spiro atoms. The molecule has 0 aromatic heterocycles. The van der Waals surface area contributed by atoms with Gasteiger partial charge in [0.15, 0.2) is 6.61 Å². The van der Waals surface area contributed by atoms with Crippen LogP contribution in [0.1, 0.15) is 6.42 Å². The Kier molecular flexibility index (Phi) is 2.78. The van der Waals surface area contributed by atoms with E-state index in [1.165, 1.54) is 0 Å². The summed E-state index contributed by atoms with van der Waals surface area (Å²) in [7, 11) is 0. The summed E-state index contributed by atoms with van der Waals surface area (Å²) in [6, 6.07) is 0. The molecule has 54 valence electrons. The molecule has 0 amide bonds. The van der Waals surface area contributed by atoms with Gasteiger partial charge in [0.05, 0.1) is 18.9 Å². The van der Waals surface area contributed by atoms with Crippen LogP contribution in [0.15, 0.2) is 5.16 Å². The third-order valence-corrected chi connectivity index (χ3v) is 1.15. The normalized spacial score (nSPS) is 20.9. The summed E-state index contributed by atoms with van der Waals surface area (Å²) in [5.74, 6) is 2.32. The zero-order valence-electron chi connectivity index (χ0n) is 5.67. The topological polar surface area (TPSA) is 30.8 Å². The Morgan fingerprint density at radius 1 is 1.80 bits per heavy atom. The molecule has 1 heterocycles. The Morgan fingerprint density at radius 2 is 2.70 bits per heavy atom. The summed E-state index contributed by atoms with van der Waals surface area (Å²) >= 11 is 0. The standard InChI is InChI=1S/C7H9NO2/c1-2-4-10-8-7-3-5-9-6-7/h1H,3-6H2/b8-7+. The first-order valence-corrected chi connectivity index (χ1v) is 3.12. The summed E-state index contributed by atoms with van der Waals surface area (Å²) < 4.78 is 5.03. The quantitative estimate of drug-likeness (QED) is 0.315. The highest BCUT2D eigenvalue weighted by molar-refractivity contribution is 5.86. The van der Waals surface area contributed by atoms with Crippen molar-refractivity contribution in [3.63, 3.8) is 0 Å². The highest BCUT2D eigenvalue weighted by atomic mass is 16.6. The van der Waals surface area contributed by atoms with Gasteiger partial charge in [-0.15, -0.1) is 6.42 Å². The molecule has 10 heavy (non-hydrogen) atoms. The van der Waals surface area contributed by atoms with Gasteiger partial charge in [-0.1, -0.05) is 11.1 Å². The highest BCUT2D eigenvalue weighted by Gasteiger charge is 2.07. The minimum absolute atomic E-state index is 0.240. The van der Waals surface area contributed by atoms with Gasteiger partial charge >= 0.3 is 0 Å². The van der Waals surface area contributed by atoms with E-state index in [4.69, 9.17) is 16.0 Å². The third kappa shape index (κ3) is 2.08. The van der Waals surface area contributed by atoms with Crippen molar-refractivity contribution in [1.82, 2.24) is 0 Å². The van der Waals surface area contributed by atoms with E-state index in [1.54, 1.807) is 0 Å². The minimum atomic E-state index is 0.240. The Hall–Kier alpha value is -1.01. The Bertz CT molecular complexity index is 161. The lowest BCUT2D eigenvalue weighted by Crippen LogP contribution is -1.97. The maximum absolute atomic E-state index is 5.03. The fraction of sp³-hybridized carbons (Fsp3) is 0.571. The van der Waals surface area contributed by atoms with Crippen LogP contribution in [0, 0.1) is 12.3 Å². The molecule has 3 nitrogen and oxygen atoms in total. The summed E-state index contributed by atoms with van der Waals surface area (Å²) in [4.78, 5) is 4.74. The molecule has 0 radical (unpaired) electrons. The van der Waals surface area contributed by atoms with Gasteiger partial charge in [0.25, 0.3) is 0 Å². The van der Waals surface area contributed by atoms with Gasteiger partial charge in [0, 0.05) is 6.42 Å². The first-order chi connectivity index (χ1) is 4.93. The van der Waals surface area contributed by atoms with Crippen molar-refractivity contribution < 1.29 is 9.57 Å². The Balaban J connectivity index is 2.20. The third-order valence-electron chi connectivity index (χ3n) is 1.15. The number of terminal acetylenes is 1. The van der Waals surface area contributed by atoms with Gasteiger partial charge in [-0.25, -0.2) is 0 Å². The zero-order chi connectivity index (χ0) is 7.23. The number of rotatable bonds is 2. The molecule has 1 aliphatic rings. The number of nitrogens with zero attached hydrogens (tertiary/aromatic N) is 1. The summed E-state index contributed by atoms with van der Waals surface area (Å²) in [6.07, 6.45) is 5.80. The van der Waals surface area contributed by atoms with E-state index in [2.05, 4.69) is 11.1 Å². The fourth-order valence-electron chi connectivity index (χ4n) is 0.685. The molecule has 0 bridgehead atoms. The molecule has 0 atom stereocenters. The van der Waals surface area contributed by atoms with Crippen LogP contribution in [-0.4, -0.2) is 25.5 Å². The molecule has 1 fully saturated rings. The molecule has 1 aliphatic heterocycles. The number of oxime groups is 1. The molecule has 1 rings (SSSR count). The monoisotopic (exact) mass is 139 g/mol. The molecule has 0 saturated carbocycles. The predicted octanol–water partition coefficient (Wildman–Crippen LogP) is 0.412. The summed E-state index contributed by atoms with van der Waals surface area (Å²) in [5.41, 5.74) is 0.940. The van der Waals surface area contributed by atoms with Crippen molar-refractivity contribution in [2.24, 2.45) is 5.16 Å². The van der Waals surface area contributed by atoms with Crippen LogP contribution >= 0.6 is 0 Å². The molecule has 3 heteroatoms. The van der Waals surface area contributed by atoms with Crippen molar-refractivity contribution in [1.29, 1.82) is 0 Å². The van der Waals surface area contributed by atoms with Gasteiger partial charge in [-0.05, 0) is 0 Å². The van der Waals surface area contributed by atoms with Crippen molar-refractivity contribution in [2.75, 3.05) is 19.8 Å². The first-order valence-electron chi connectivity index (χ1n) is 3.12. The zero-order valence-corrected chi connectivity index (χ0v) is 5.67. The van der Waals surface area contributed by atoms with Crippen LogP contribution in [-0.2, 0) is 9.57 Å². The van der Waals surface area contributed by atoms with Gasteiger partial charge in [-0.3, -0.25) is 0 Å². The first kappa shape index (κ1) is 7.10. The molecule has 0 aromatic rings. The molecule has 0 aromatic carbocycles. The highest BCUT2D eigenvalue weighted by Crippen LogP contribution is 1.99. The molecule has 0 aliphatic carbocycles. The minimum Gasteiger partial charge on any atom is -0.383 e. The van der Waals surface area contributed by atoms with E-state index >= 15 is 0 Å². The number of hydrogen-bond acceptors (Lipinski definition) is 3. The number of hydrogen-bond donors (Lipinski definition) is 0. The molecule has 0 unspecified atom stereocenters. The van der Waals surface area contributed by atoms with E-state index in [9.17, 15) is 0 Å². The van der Waals surface area contributed by atoms with E-state index in [0.717, 1.165) is 18.7 Å². The van der Waals surface area contributed by atoms with Crippen molar-refractivity contribution in [2.45, 2.75) is 6.42 Å². The summed E-state index contributed by atoms with van der Waals surface area (Å²) in [6.45, 7) is 1.58. The van der Waals surface area contributed by atoms with Crippen molar-refractivity contribution in [3.05, 3.63) is 0 Å². The summed E-state index contributed by atoms with van der Waals surface area (Å²) in [5, 5.41) is 3.76. The second-order valence-electron chi connectivity index (χ2n) is 1.94. The van der Waals surface area contributed by atoms with Crippen LogP contribution in [0.3, 0.4) is 0 Å². The second-order valence-corrected chi connectivity index (χ2v) is 1.94. The smallest absolute Gasteiger partial charge is 0.177 e. The van der Waals surface area contributed by atoms with Gasteiger partial charge < -0.3 is 9.57 Å². The van der Waals surface area contributed by atoms with Crippen molar-refractivity contribution >= 4 is 5.71 Å². The lowest BCUT2D eigenvalue weighted by atomic mass is 10.3. The molecular formula is C7H9NO2. The number of ether oxygens (including phenoxy) is 1. The molecular weight excluding hydrogens is 130 g/mol. The van der Waals surface area contributed by atoms with Gasteiger partial charge in [-0.2, -0.15) is 0 Å². The maximum atomic E-state index is 5.03. The predicted molar refractivity (Wildman–Crippen MR) is 37.7 cm³/mol. The maximum Gasteiger partial charge on any atom is 0.177 e. The lowest BCUT2D eigenvalue weighted by Gasteiger charge is -1.92. The second kappa shape index (κ2) is 3.91. The Labute approximate surface area is 60.0 Å². The average molecular weight is 139 g/mol. The van der Waals surface area contributed by atoms with Crippen LogP contribution < -0.4 is 0 Å². The van der Waals surface area contributed by atoms with Crippen molar-refractivity contribution in [3.8, 4) is 12.3 Å². The van der Waals surface area contributed by atoms with Crippen LogP contribution in [0.2, 0.25) is 0 Å². The fourth-order valence-corrected chi connectivity index (χ4v) is 0.685. The van der Waals surface area contributed by atoms with Gasteiger partial charge in [0.2, 0.25) is 0 Å². The average Bonchev–Trinajstić information content (AvgIpc) is 2.41. The van der Waals surface area contributed by atoms with Crippen LogP contribution in [0.25, 0.3) is 0 Å². The van der Waals surface area contributed by atoms with E-state index < -0.39 is 0 Å². The SMILES string of the molecule is C#CCO/N=C1\CCOC1. The van der Waals surface area contributed by atoms with Gasteiger partial charge in [0.1, 0.15) is 0 Å². The molecule has 1 saturated heterocycles. The largest absolute Gasteiger partial charge is 0.383 e. The van der Waals surface area contributed by atoms with Crippen LogP contribution in [0.5, 0.6) is 0 Å². The van der Waals surface area contributed by atoms with E-state index in [0.29, 0.717) is 6.61 Å². The lowest BCUT2D eigenvalue weighted by molar-refractivity contribution is 0.175.